The number of benzene rings is 1. The second-order valence-electron chi connectivity index (χ2n) is 8.18. The van der Waals surface area contributed by atoms with E-state index in [4.69, 9.17) is 4.98 Å². The molecule has 0 spiro atoms. The SMILES string of the molecule is Cc1c(F)cccc1NC(=O)C(C)N1CCC(c2cccc(Nc3ccccn3)n2)CC1. The zero-order valence-corrected chi connectivity index (χ0v) is 18.4. The van der Waals surface area contributed by atoms with Crippen LogP contribution < -0.4 is 10.6 Å². The number of hydrogen-bond acceptors (Lipinski definition) is 5. The van der Waals surface area contributed by atoms with Crippen LogP contribution in [0.2, 0.25) is 0 Å². The Morgan fingerprint density at radius 2 is 1.81 bits per heavy atom. The summed E-state index contributed by atoms with van der Waals surface area (Å²) in [5.74, 6) is 1.46. The van der Waals surface area contributed by atoms with Crippen molar-refractivity contribution in [3.8, 4) is 0 Å². The van der Waals surface area contributed by atoms with Crippen molar-refractivity contribution in [2.24, 2.45) is 0 Å². The lowest BCUT2D eigenvalue weighted by molar-refractivity contribution is -0.121. The Bertz CT molecular complexity index is 1070. The molecule has 0 saturated carbocycles. The highest BCUT2D eigenvalue weighted by atomic mass is 19.1. The highest BCUT2D eigenvalue weighted by molar-refractivity contribution is 5.95. The molecular weight excluding hydrogens is 405 g/mol. The fraction of sp³-hybridized carbons (Fsp3) is 0.320. The lowest BCUT2D eigenvalue weighted by Crippen LogP contribution is -2.45. The molecule has 4 rings (SSSR count). The van der Waals surface area contributed by atoms with Gasteiger partial charge in [0, 0.05) is 29.1 Å². The number of amides is 1. The van der Waals surface area contributed by atoms with E-state index in [1.807, 2.05) is 37.3 Å². The van der Waals surface area contributed by atoms with Crippen molar-refractivity contribution in [2.45, 2.75) is 38.6 Å². The molecule has 1 saturated heterocycles. The molecule has 1 aliphatic heterocycles. The van der Waals surface area contributed by atoms with Crippen molar-refractivity contribution in [3.63, 3.8) is 0 Å². The first-order valence-electron chi connectivity index (χ1n) is 11.0. The average molecular weight is 434 g/mol. The molecule has 1 amide bonds. The van der Waals surface area contributed by atoms with Crippen LogP contribution in [0, 0.1) is 12.7 Å². The number of halogens is 1. The second-order valence-corrected chi connectivity index (χ2v) is 8.18. The van der Waals surface area contributed by atoms with Crippen LogP contribution in [0.5, 0.6) is 0 Å². The molecule has 1 aromatic carbocycles. The number of piperidine rings is 1. The molecular formula is C25H28FN5O. The Kier molecular flexibility index (Phi) is 6.75. The molecule has 1 fully saturated rings. The van der Waals surface area contributed by atoms with E-state index < -0.39 is 0 Å². The monoisotopic (exact) mass is 433 g/mol. The Hall–Kier alpha value is -3.32. The maximum atomic E-state index is 13.8. The van der Waals surface area contributed by atoms with Crippen molar-refractivity contribution in [1.82, 2.24) is 14.9 Å². The van der Waals surface area contributed by atoms with E-state index in [2.05, 4.69) is 26.6 Å². The van der Waals surface area contributed by atoms with Crippen molar-refractivity contribution >= 4 is 23.2 Å². The van der Waals surface area contributed by atoms with E-state index in [0.717, 1.165) is 43.3 Å². The van der Waals surface area contributed by atoms with Gasteiger partial charge >= 0.3 is 0 Å². The largest absolute Gasteiger partial charge is 0.325 e. The number of aromatic nitrogens is 2. The number of pyridine rings is 2. The number of carbonyl (C=O) groups excluding carboxylic acids is 1. The van der Waals surface area contributed by atoms with Crippen LogP contribution in [0.15, 0.2) is 60.8 Å². The number of nitrogens with one attached hydrogen (secondary N) is 2. The van der Waals surface area contributed by atoms with E-state index in [-0.39, 0.29) is 17.8 Å². The van der Waals surface area contributed by atoms with E-state index in [1.165, 1.54) is 6.07 Å². The van der Waals surface area contributed by atoms with Crippen LogP contribution in [0.1, 0.15) is 36.9 Å². The maximum Gasteiger partial charge on any atom is 0.241 e. The molecule has 32 heavy (non-hydrogen) atoms. The lowest BCUT2D eigenvalue weighted by Gasteiger charge is -2.35. The van der Waals surface area contributed by atoms with E-state index in [9.17, 15) is 9.18 Å². The van der Waals surface area contributed by atoms with Crippen molar-refractivity contribution < 1.29 is 9.18 Å². The number of hydrogen-bond donors (Lipinski definition) is 2. The van der Waals surface area contributed by atoms with Gasteiger partial charge in [-0.15, -0.1) is 0 Å². The summed E-state index contributed by atoms with van der Waals surface area (Å²) in [6.45, 7) is 5.19. The molecule has 0 radical (unpaired) electrons. The van der Waals surface area contributed by atoms with Crippen LogP contribution >= 0.6 is 0 Å². The van der Waals surface area contributed by atoms with E-state index >= 15 is 0 Å². The summed E-state index contributed by atoms with van der Waals surface area (Å²) in [6, 6.07) is 16.2. The van der Waals surface area contributed by atoms with Gasteiger partial charge < -0.3 is 10.6 Å². The summed E-state index contributed by atoms with van der Waals surface area (Å²) in [5.41, 5.74) is 2.04. The third-order valence-corrected chi connectivity index (χ3v) is 6.09. The minimum Gasteiger partial charge on any atom is -0.325 e. The van der Waals surface area contributed by atoms with Gasteiger partial charge in [-0.1, -0.05) is 18.2 Å². The first-order chi connectivity index (χ1) is 15.5. The molecule has 6 nitrogen and oxygen atoms in total. The van der Waals surface area contributed by atoms with Crippen LogP contribution in [-0.4, -0.2) is 39.9 Å². The van der Waals surface area contributed by atoms with Crippen molar-refractivity contribution in [3.05, 3.63) is 77.9 Å². The first kappa shape index (κ1) is 21.9. The third-order valence-electron chi connectivity index (χ3n) is 6.09. The quantitative estimate of drug-likeness (QED) is 0.580. The predicted octanol–water partition coefficient (Wildman–Crippen LogP) is 4.87. The molecule has 0 aliphatic carbocycles. The third kappa shape index (κ3) is 5.11. The molecule has 1 aliphatic rings. The fourth-order valence-electron chi connectivity index (χ4n) is 4.04. The van der Waals surface area contributed by atoms with Gasteiger partial charge in [-0.2, -0.15) is 0 Å². The normalized spacial score (nSPS) is 15.8. The van der Waals surface area contributed by atoms with Gasteiger partial charge in [-0.05, 0) is 76.2 Å². The predicted molar refractivity (Wildman–Crippen MR) is 125 cm³/mol. The number of carbonyl (C=O) groups is 1. The van der Waals surface area contributed by atoms with Gasteiger partial charge in [0.25, 0.3) is 0 Å². The smallest absolute Gasteiger partial charge is 0.241 e. The second kappa shape index (κ2) is 9.87. The molecule has 7 heteroatoms. The van der Waals surface area contributed by atoms with E-state index in [0.29, 0.717) is 17.2 Å². The molecule has 3 aromatic rings. The summed E-state index contributed by atoms with van der Waals surface area (Å²) in [4.78, 5) is 24.0. The Labute approximate surface area is 187 Å². The van der Waals surface area contributed by atoms with Gasteiger partial charge in [0.1, 0.15) is 17.5 Å². The Morgan fingerprint density at radius 3 is 2.56 bits per heavy atom. The average Bonchev–Trinajstić information content (AvgIpc) is 2.82. The molecule has 166 valence electrons. The molecule has 0 bridgehead atoms. The summed E-state index contributed by atoms with van der Waals surface area (Å²) in [7, 11) is 0. The van der Waals surface area contributed by atoms with Gasteiger partial charge in [-0.3, -0.25) is 9.69 Å². The zero-order valence-electron chi connectivity index (χ0n) is 18.4. The van der Waals surface area contributed by atoms with Crippen molar-refractivity contribution in [1.29, 1.82) is 0 Å². The Balaban J connectivity index is 1.34. The Morgan fingerprint density at radius 1 is 1.06 bits per heavy atom. The van der Waals surface area contributed by atoms with Gasteiger partial charge in [-0.25, -0.2) is 14.4 Å². The van der Waals surface area contributed by atoms with Gasteiger partial charge in [0.2, 0.25) is 5.91 Å². The molecule has 3 heterocycles. The standard InChI is InChI=1S/C25H28FN5O/c1-17-20(26)7-5-8-21(17)29-25(32)18(2)31-15-12-19(13-16-31)22-9-6-11-24(28-22)30-23-10-3-4-14-27-23/h3-11,14,18-19H,12-13,15-16H2,1-2H3,(H,29,32)(H,27,28,30). The minimum atomic E-state index is -0.316. The van der Waals surface area contributed by atoms with Crippen LogP contribution in [0.3, 0.4) is 0 Å². The van der Waals surface area contributed by atoms with Crippen LogP contribution in [0.25, 0.3) is 0 Å². The van der Waals surface area contributed by atoms with Crippen molar-refractivity contribution in [2.75, 3.05) is 23.7 Å². The maximum absolute atomic E-state index is 13.8. The lowest BCUT2D eigenvalue weighted by atomic mass is 9.92. The highest BCUT2D eigenvalue weighted by Crippen LogP contribution is 2.29. The number of rotatable bonds is 6. The first-order valence-corrected chi connectivity index (χ1v) is 11.0. The summed E-state index contributed by atoms with van der Waals surface area (Å²) < 4.78 is 13.8. The summed E-state index contributed by atoms with van der Waals surface area (Å²) in [5, 5.41) is 6.12. The molecule has 2 aromatic heterocycles. The molecule has 1 unspecified atom stereocenters. The van der Waals surface area contributed by atoms with E-state index in [1.54, 1.807) is 25.3 Å². The topological polar surface area (TPSA) is 70.2 Å². The van der Waals surface area contributed by atoms with Crippen LogP contribution in [-0.2, 0) is 4.79 Å². The summed E-state index contributed by atoms with van der Waals surface area (Å²) in [6.07, 6.45) is 3.60. The fourth-order valence-corrected chi connectivity index (χ4v) is 4.04. The zero-order chi connectivity index (χ0) is 22.5. The number of nitrogens with zero attached hydrogens (tertiary/aromatic N) is 3. The van der Waals surface area contributed by atoms with Gasteiger partial charge in [0.15, 0.2) is 0 Å². The molecule has 2 N–H and O–H groups in total. The number of anilines is 3. The van der Waals surface area contributed by atoms with Gasteiger partial charge in [0.05, 0.1) is 6.04 Å². The van der Waals surface area contributed by atoms with Crippen LogP contribution in [0.4, 0.5) is 21.7 Å². The molecule has 1 atom stereocenters. The summed E-state index contributed by atoms with van der Waals surface area (Å²) >= 11 is 0. The minimum absolute atomic E-state index is 0.114. The highest BCUT2D eigenvalue weighted by Gasteiger charge is 2.28. The number of likely N-dealkylation sites (tertiary alicyclic amines) is 1.